The highest BCUT2D eigenvalue weighted by Crippen LogP contribution is 2.28. The number of esters is 1. The van der Waals surface area contributed by atoms with E-state index in [4.69, 9.17) is 4.74 Å². The lowest BCUT2D eigenvalue weighted by molar-refractivity contribution is -0.386. The maximum absolute atomic E-state index is 13.2. The Kier molecular flexibility index (Phi) is 4.67. The van der Waals surface area contributed by atoms with Crippen molar-refractivity contribution in [3.05, 3.63) is 69.5 Å². The first-order chi connectivity index (χ1) is 10.5. The number of nitrogens with zero attached hydrogens (tertiary/aromatic N) is 1. The molecule has 0 heterocycles. The molecule has 0 aliphatic heterocycles. The van der Waals surface area contributed by atoms with E-state index < -0.39 is 16.7 Å². The van der Waals surface area contributed by atoms with Gasteiger partial charge < -0.3 is 9.47 Å². The number of hydrogen-bond acceptors (Lipinski definition) is 5. The van der Waals surface area contributed by atoms with Gasteiger partial charge in [-0.2, -0.15) is 0 Å². The minimum Gasteiger partial charge on any atom is -0.482 e. The highest BCUT2D eigenvalue weighted by molar-refractivity contribution is 5.89. The van der Waals surface area contributed by atoms with Crippen LogP contribution in [0.1, 0.15) is 15.9 Å². The normalized spacial score (nSPS) is 10.1. The molecule has 114 valence electrons. The Morgan fingerprint density at radius 1 is 1.23 bits per heavy atom. The maximum Gasteiger partial charge on any atom is 0.337 e. The Labute approximate surface area is 125 Å². The molecule has 7 heteroatoms. The van der Waals surface area contributed by atoms with E-state index >= 15 is 0 Å². The van der Waals surface area contributed by atoms with Crippen LogP contribution in [-0.2, 0) is 11.3 Å². The Morgan fingerprint density at radius 2 is 1.91 bits per heavy atom. The van der Waals surface area contributed by atoms with Gasteiger partial charge in [0.1, 0.15) is 12.4 Å². The number of benzene rings is 2. The summed E-state index contributed by atoms with van der Waals surface area (Å²) in [4.78, 5) is 21.5. The van der Waals surface area contributed by atoms with Gasteiger partial charge in [0.05, 0.1) is 17.6 Å². The van der Waals surface area contributed by atoms with Crippen LogP contribution in [-0.4, -0.2) is 18.0 Å². The lowest BCUT2D eigenvalue weighted by Crippen LogP contribution is -2.02. The molecule has 0 saturated carbocycles. The predicted octanol–water partition coefficient (Wildman–Crippen LogP) is 3.10. The lowest BCUT2D eigenvalue weighted by atomic mass is 10.1. The van der Waals surface area contributed by atoms with Gasteiger partial charge in [-0.15, -0.1) is 0 Å². The Morgan fingerprint density at radius 3 is 2.50 bits per heavy atom. The van der Waals surface area contributed by atoms with E-state index in [2.05, 4.69) is 4.74 Å². The van der Waals surface area contributed by atoms with Crippen molar-refractivity contribution in [1.29, 1.82) is 0 Å². The summed E-state index contributed by atoms with van der Waals surface area (Å²) in [6.07, 6.45) is 0. The van der Waals surface area contributed by atoms with E-state index in [0.717, 1.165) is 18.2 Å². The van der Waals surface area contributed by atoms with Gasteiger partial charge in [0.15, 0.2) is 5.75 Å². The Balaban J connectivity index is 2.11. The predicted molar refractivity (Wildman–Crippen MR) is 75.2 cm³/mol. The summed E-state index contributed by atoms with van der Waals surface area (Å²) in [6.45, 7) is 0.00570. The van der Waals surface area contributed by atoms with E-state index in [0.29, 0.717) is 11.1 Å². The lowest BCUT2D eigenvalue weighted by Gasteiger charge is -2.07. The molecule has 0 saturated heterocycles. The number of nitro benzene ring substituents is 1. The van der Waals surface area contributed by atoms with Crippen LogP contribution in [0, 0.1) is 15.9 Å². The Hall–Kier alpha value is -2.96. The zero-order valence-corrected chi connectivity index (χ0v) is 11.6. The monoisotopic (exact) mass is 305 g/mol. The van der Waals surface area contributed by atoms with E-state index in [-0.39, 0.29) is 18.0 Å². The van der Waals surface area contributed by atoms with Crippen LogP contribution in [0.3, 0.4) is 0 Å². The molecule has 2 rings (SSSR count). The van der Waals surface area contributed by atoms with Crippen molar-refractivity contribution in [2.24, 2.45) is 0 Å². The van der Waals surface area contributed by atoms with Crippen LogP contribution in [0.25, 0.3) is 0 Å². The number of halogens is 1. The third-order valence-corrected chi connectivity index (χ3v) is 2.89. The zero-order chi connectivity index (χ0) is 16.1. The first-order valence-corrected chi connectivity index (χ1v) is 6.25. The number of methoxy groups -OCH3 is 1. The molecule has 0 N–H and O–H groups in total. The molecule has 0 fully saturated rings. The quantitative estimate of drug-likeness (QED) is 0.482. The second-order valence-corrected chi connectivity index (χ2v) is 4.35. The van der Waals surface area contributed by atoms with Gasteiger partial charge in [0.25, 0.3) is 0 Å². The SMILES string of the molecule is COC(=O)c1ccc(COc2cc(F)ccc2[N+](=O)[O-])cc1. The zero-order valence-electron chi connectivity index (χ0n) is 11.6. The molecule has 2 aromatic carbocycles. The van der Waals surface area contributed by atoms with E-state index in [1.807, 2.05) is 0 Å². The minimum absolute atomic E-state index is 0.00570. The first kappa shape index (κ1) is 15.4. The largest absolute Gasteiger partial charge is 0.482 e. The first-order valence-electron chi connectivity index (χ1n) is 6.25. The summed E-state index contributed by atoms with van der Waals surface area (Å²) in [5.41, 5.74) is 0.738. The maximum atomic E-state index is 13.2. The van der Waals surface area contributed by atoms with Crippen LogP contribution in [0.15, 0.2) is 42.5 Å². The van der Waals surface area contributed by atoms with Crippen LogP contribution in [0.2, 0.25) is 0 Å². The third kappa shape index (κ3) is 3.57. The van der Waals surface area contributed by atoms with Crippen molar-refractivity contribution in [2.75, 3.05) is 7.11 Å². The molecule has 0 unspecified atom stereocenters. The molecular weight excluding hydrogens is 293 g/mol. The fourth-order valence-electron chi connectivity index (χ4n) is 1.77. The number of hydrogen-bond donors (Lipinski definition) is 0. The fourth-order valence-corrected chi connectivity index (χ4v) is 1.77. The summed E-state index contributed by atoms with van der Waals surface area (Å²) in [6, 6.07) is 9.34. The smallest absolute Gasteiger partial charge is 0.337 e. The average Bonchev–Trinajstić information content (AvgIpc) is 2.52. The highest BCUT2D eigenvalue weighted by Gasteiger charge is 2.16. The Bertz CT molecular complexity index is 700. The van der Waals surface area contributed by atoms with Gasteiger partial charge in [0, 0.05) is 12.1 Å². The molecule has 0 amide bonds. The summed E-state index contributed by atoms with van der Waals surface area (Å²) >= 11 is 0. The van der Waals surface area contributed by atoms with E-state index in [1.165, 1.54) is 7.11 Å². The van der Waals surface area contributed by atoms with E-state index in [1.54, 1.807) is 24.3 Å². The molecule has 22 heavy (non-hydrogen) atoms. The van der Waals surface area contributed by atoms with Crippen molar-refractivity contribution in [2.45, 2.75) is 6.61 Å². The van der Waals surface area contributed by atoms with Crippen molar-refractivity contribution in [3.8, 4) is 5.75 Å². The second kappa shape index (κ2) is 6.66. The van der Waals surface area contributed by atoms with Gasteiger partial charge in [0.2, 0.25) is 0 Å². The van der Waals surface area contributed by atoms with Crippen LogP contribution >= 0.6 is 0 Å². The van der Waals surface area contributed by atoms with Crippen LogP contribution < -0.4 is 4.74 Å². The van der Waals surface area contributed by atoms with Gasteiger partial charge in [-0.05, 0) is 23.8 Å². The van der Waals surface area contributed by atoms with Gasteiger partial charge in [-0.3, -0.25) is 10.1 Å². The second-order valence-electron chi connectivity index (χ2n) is 4.35. The summed E-state index contributed by atoms with van der Waals surface area (Å²) in [5.74, 6) is -1.24. The van der Waals surface area contributed by atoms with Gasteiger partial charge in [-0.25, -0.2) is 9.18 Å². The van der Waals surface area contributed by atoms with Crippen molar-refractivity contribution in [1.82, 2.24) is 0 Å². The highest BCUT2D eigenvalue weighted by atomic mass is 19.1. The number of nitro groups is 1. The minimum atomic E-state index is -0.644. The van der Waals surface area contributed by atoms with Crippen molar-refractivity contribution < 1.29 is 23.6 Å². The van der Waals surface area contributed by atoms with Gasteiger partial charge in [-0.1, -0.05) is 12.1 Å². The van der Waals surface area contributed by atoms with Crippen LogP contribution in [0.4, 0.5) is 10.1 Å². The van der Waals surface area contributed by atoms with Crippen LogP contribution in [0.5, 0.6) is 5.75 Å². The molecule has 0 spiro atoms. The molecule has 2 aromatic rings. The van der Waals surface area contributed by atoms with Gasteiger partial charge >= 0.3 is 11.7 Å². The standard InChI is InChI=1S/C15H12FNO5/c1-21-15(18)11-4-2-10(3-5-11)9-22-14-8-12(16)6-7-13(14)17(19)20/h2-8H,9H2,1H3. The number of carbonyl (C=O) groups excluding carboxylic acids is 1. The third-order valence-electron chi connectivity index (χ3n) is 2.89. The molecule has 0 radical (unpaired) electrons. The topological polar surface area (TPSA) is 78.7 Å². The molecular formula is C15H12FNO5. The molecule has 0 aliphatic rings. The average molecular weight is 305 g/mol. The van der Waals surface area contributed by atoms with E-state index in [9.17, 15) is 19.3 Å². The van der Waals surface area contributed by atoms with Crippen molar-refractivity contribution in [3.63, 3.8) is 0 Å². The molecule has 0 atom stereocenters. The number of rotatable bonds is 5. The summed E-state index contributed by atoms with van der Waals surface area (Å²) in [7, 11) is 1.28. The summed E-state index contributed by atoms with van der Waals surface area (Å²) < 4.78 is 23.0. The molecule has 0 aliphatic carbocycles. The van der Waals surface area contributed by atoms with Crippen molar-refractivity contribution >= 4 is 11.7 Å². The molecule has 6 nitrogen and oxygen atoms in total. The number of carbonyl (C=O) groups is 1. The molecule has 0 aromatic heterocycles. The number of ether oxygens (including phenoxy) is 2. The molecule has 0 bridgehead atoms. The fraction of sp³-hybridized carbons (Fsp3) is 0.133. The summed E-state index contributed by atoms with van der Waals surface area (Å²) in [5, 5.41) is 10.8.